The van der Waals surface area contributed by atoms with Crippen LogP contribution in [0.4, 0.5) is 0 Å². The second kappa shape index (κ2) is 4.21. The first-order valence-corrected chi connectivity index (χ1v) is 7.38. The van der Waals surface area contributed by atoms with Crippen LogP contribution < -0.4 is 5.73 Å². The molecule has 0 fully saturated rings. The van der Waals surface area contributed by atoms with Gasteiger partial charge in [0.15, 0.2) is 0 Å². The lowest BCUT2D eigenvalue weighted by molar-refractivity contribution is 0.247. The number of nitrogens with zero attached hydrogens (tertiary/aromatic N) is 2. The van der Waals surface area contributed by atoms with Crippen LogP contribution in [0.3, 0.4) is 0 Å². The van der Waals surface area contributed by atoms with Gasteiger partial charge in [-0.1, -0.05) is 18.2 Å². The molecule has 1 aliphatic heterocycles. The molecule has 0 radical (unpaired) electrons. The molecule has 3 heteroatoms. The maximum absolute atomic E-state index is 5.91. The Hall–Kier alpha value is -1.58. The molecule has 2 aliphatic rings. The third-order valence-electron chi connectivity index (χ3n) is 4.95. The highest BCUT2D eigenvalue weighted by Gasteiger charge is 2.33. The van der Waals surface area contributed by atoms with E-state index in [-0.39, 0.29) is 0 Å². The molecule has 2 atom stereocenters. The van der Waals surface area contributed by atoms with Crippen LogP contribution >= 0.6 is 0 Å². The van der Waals surface area contributed by atoms with Crippen molar-refractivity contribution in [3.63, 3.8) is 0 Å². The molecule has 104 valence electrons. The van der Waals surface area contributed by atoms with E-state index in [0.717, 1.165) is 19.5 Å². The summed E-state index contributed by atoms with van der Waals surface area (Å²) in [5.41, 5.74) is 11.6. The van der Waals surface area contributed by atoms with E-state index in [4.69, 9.17) is 5.73 Å². The Kier molecular flexibility index (Phi) is 2.56. The lowest BCUT2D eigenvalue weighted by Crippen LogP contribution is -2.44. The lowest BCUT2D eigenvalue weighted by atomic mass is 9.80. The fourth-order valence-corrected chi connectivity index (χ4v) is 3.97. The summed E-state index contributed by atoms with van der Waals surface area (Å²) >= 11 is 0. The minimum Gasteiger partial charge on any atom is -0.350 e. The van der Waals surface area contributed by atoms with Gasteiger partial charge in [0.1, 0.15) is 0 Å². The molecule has 0 amide bonds. The van der Waals surface area contributed by atoms with Crippen molar-refractivity contribution in [2.75, 3.05) is 20.1 Å². The summed E-state index contributed by atoms with van der Waals surface area (Å²) in [6, 6.07) is 7.18. The predicted octanol–water partition coefficient (Wildman–Crippen LogP) is 2.01. The fourth-order valence-electron chi connectivity index (χ4n) is 3.97. The highest BCUT2D eigenvalue weighted by atomic mass is 15.1. The van der Waals surface area contributed by atoms with Crippen molar-refractivity contribution < 1.29 is 0 Å². The monoisotopic (exact) mass is 267 g/mol. The SMILES string of the molecule is CN1C[C@H](CN)C=C2c3cccc4c3c(cn4C)C[C@H]21. The molecule has 0 bridgehead atoms. The molecular formula is C17H21N3. The molecule has 0 spiro atoms. The molecule has 1 aliphatic carbocycles. The third-order valence-corrected chi connectivity index (χ3v) is 4.95. The van der Waals surface area contributed by atoms with E-state index < -0.39 is 0 Å². The largest absolute Gasteiger partial charge is 0.350 e. The van der Waals surface area contributed by atoms with E-state index in [1.54, 1.807) is 0 Å². The van der Waals surface area contributed by atoms with Crippen LogP contribution in [0.15, 0.2) is 30.5 Å². The van der Waals surface area contributed by atoms with E-state index in [0.29, 0.717) is 12.0 Å². The molecule has 0 saturated carbocycles. The zero-order valence-corrected chi connectivity index (χ0v) is 12.1. The number of hydrogen-bond acceptors (Lipinski definition) is 2. The summed E-state index contributed by atoms with van der Waals surface area (Å²) in [4.78, 5) is 2.47. The molecule has 1 aromatic carbocycles. The number of fused-ring (bicyclic) bond motifs is 2. The summed E-state index contributed by atoms with van der Waals surface area (Å²) < 4.78 is 2.26. The smallest absolute Gasteiger partial charge is 0.0486 e. The van der Waals surface area contributed by atoms with E-state index in [9.17, 15) is 0 Å². The molecule has 0 saturated heterocycles. The van der Waals surface area contributed by atoms with Crippen molar-refractivity contribution in [1.29, 1.82) is 0 Å². The Labute approximate surface area is 119 Å². The van der Waals surface area contributed by atoms with E-state index in [1.165, 1.54) is 27.6 Å². The number of nitrogens with two attached hydrogens (primary N) is 1. The van der Waals surface area contributed by atoms with Crippen LogP contribution in [0.5, 0.6) is 0 Å². The summed E-state index contributed by atoms with van der Waals surface area (Å²) in [5.74, 6) is 0.478. The van der Waals surface area contributed by atoms with Gasteiger partial charge in [-0.15, -0.1) is 0 Å². The maximum Gasteiger partial charge on any atom is 0.0486 e. The van der Waals surface area contributed by atoms with Gasteiger partial charge in [0.05, 0.1) is 0 Å². The number of benzene rings is 1. The first-order chi connectivity index (χ1) is 9.69. The molecule has 20 heavy (non-hydrogen) atoms. The molecule has 4 rings (SSSR count). The van der Waals surface area contributed by atoms with Crippen LogP contribution in [0, 0.1) is 5.92 Å². The van der Waals surface area contributed by atoms with E-state index in [2.05, 4.69) is 54.0 Å². The Balaban J connectivity index is 1.99. The molecule has 2 aromatic rings. The minimum absolute atomic E-state index is 0.478. The zero-order valence-electron chi connectivity index (χ0n) is 12.1. The minimum atomic E-state index is 0.478. The molecule has 2 N–H and O–H groups in total. The second-order valence-corrected chi connectivity index (χ2v) is 6.24. The normalized spacial score (nSPS) is 25.6. The van der Waals surface area contributed by atoms with Gasteiger partial charge in [-0.25, -0.2) is 0 Å². The number of aromatic nitrogens is 1. The maximum atomic E-state index is 5.91. The van der Waals surface area contributed by atoms with Gasteiger partial charge < -0.3 is 10.3 Å². The van der Waals surface area contributed by atoms with Gasteiger partial charge in [-0.3, -0.25) is 4.90 Å². The van der Waals surface area contributed by atoms with Gasteiger partial charge in [0.25, 0.3) is 0 Å². The Morgan fingerprint density at radius 3 is 2.95 bits per heavy atom. The van der Waals surface area contributed by atoms with E-state index in [1.807, 2.05) is 0 Å². The van der Waals surface area contributed by atoms with Gasteiger partial charge in [0.2, 0.25) is 0 Å². The molecule has 3 nitrogen and oxygen atoms in total. The molecular weight excluding hydrogens is 246 g/mol. The second-order valence-electron chi connectivity index (χ2n) is 6.24. The van der Waals surface area contributed by atoms with Crippen molar-refractivity contribution in [1.82, 2.24) is 9.47 Å². The van der Waals surface area contributed by atoms with Gasteiger partial charge >= 0.3 is 0 Å². The fraction of sp³-hybridized carbons (Fsp3) is 0.412. The number of likely N-dealkylation sites (N-methyl/N-ethyl adjacent to an activating group) is 1. The Bertz CT molecular complexity index is 710. The number of hydrogen-bond donors (Lipinski definition) is 1. The quantitative estimate of drug-likeness (QED) is 0.857. The van der Waals surface area contributed by atoms with Crippen LogP contribution in [0.2, 0.25) is 0 Å². The third kappa shape index (κ3) is 1.54. The predicted molar refractivity (Wildman–Crippen MR) is 83.6 cm³/mol. The highest BCUT2D eigenvalue weighted by Crippen LogP contribution is 2.41. The van der Waals surface area contributed by atoms with Crippen LogP contribution in [-0.2, 0) is 13.5 Å². The van der Waals surface area contributed by atoms with Crippen molar-refractivity contribution in [2.24, 2.45) is 18.7 Å². The average molecular weight is 267 g/mol. The van der Waals surface area contributed by atoms with Crippen LogP contribution in [0.1, 0.15) is 11.1 Å². The lowest BCUT2D eigenvalue weighted by Gasteiger charge is -2.39. The van der Waals surface area contributed by atoms with Crippen molar-refractivity contribution in [3.8, 4) is 0 Å². The van der Waals surface area contributed by atoms with Crippen molar-refractivity contribution >= 4 is 16.5 Å². The number of aryl methyl sites for hydroxylation is 1. The first-order valence-electron chi connectivity index (χ1n) is 7.38. The van der Waals surface area contributed by atoms with E-state index >= 15 is 0 Å². The molecule has 2 heterocycles. The Morgan fingerprint density at radius 2 is 2.15 bits per heavy atom. The zero-order chi connectivity index (χ0) is 13.9. The standard InChI is InChI=1S/C17H21N3/c1-19-9-11(8-18)6-14-13-4-3-5-15-17(13)12(7-16(14)19)10-20(15)2/h3-6,10-11,16H,7-9,18H2,1-2H3/t11-,16+/m0/s1. The summed E-state index contributed by atoms with van der Waals surface area (Å²) in [7, 11) is 4.37. The molecule has 1 aromatic heterocycles. The van der Waals surface area contributed by atoms with Gasteiger partial charge in [-0.05, 0) is 42.8 Å². The van der Waals surface area contributed by atoms with Crippen molar-refractivity contribution in [2.45, 2.75) is 12.5 Å². The first kappa shape index (κ1) is 12.2. The molecule has 0 unspecified atom stereocenters. The van der Waals surface area contributed by atoms with Gasteiger partial charge in [-0.2, -0.15) is 0 Å². The summed E-state index contributed by atoms with van der Waals surface area (Å²) in [6.45, 7) is 1.81. The summed E-state index contributed by atoms with van der Waals surface area (Å²) in [5, 5.41) is 1.45. The van der Waals surface area contributed by atoms with Crippen molar-refractivity contribution in [3.05, 3.63) is 41.6 Å². The Morgan fingerprint density at radius 1 is 1.30 bits per heavy atom. The van der Waals surface area contributed by atoms with Gasteiger partial charge in [0, 0.05) is 42.7 Å². The van der Waals surface area contributed by atoms with Crippen LogP contribution in [-0.4, -0.2) is 35.6 Å². The number of rotatable bonds is 1. The van der Waals surface area contributed by atoms with Crippen LogP contribution in [0.25, 0.3) is 16.5 Å². The summed E-state index contributed by atoms with van der Waals surface area (Å²) in [6.07, 6.45) is 5.84. The topological polar surface area (TPSA) is 34.2 Å². The average Bonchev–Trinajstić information content (AvgIpc) is 2.78. The highest BCUT2D eigenvalue weighted by molar-refractivity contribution is 5.98.